The van der Waals surface area contributed by atoms with Gasteiger partial charge in [-0.05, 0) is 122 Å². The van der Waals surface area contributed by atoms with Crippen molar-refractivity contribution in [2.45, 2.75) is 77.0 Å². The molecular formula is C38H48IN5O. The Balaban J connectivity index is 0.00000400. The summed E-state index contributed by atoms with van der Waals surface area (Å²) in [6.07, 6.45) is 0. The Hall–Kier alpha value is -3.30. The van der Waals surface area contributed by atoms with Gasteiger partial charge in [-0.15, -0.1) is 0 Å². The maximum atomic E-state index is 14.4. The molecule has 1 aliphatic rings. The molecule has 7 heteroatoms. The zero-order chi connectivity index (χ0) is 32.0. The summed E-state index contributed by atoms with van der Waals surface area (Å²) in [4.78, 5) is 29.5. The molecule has 45 heavy (non-hydrogen) atoms. The number of carbonyl (C=O) groups is 1. The largest absolute Gasteiger partial charge is 1.00 e. The van der Waals surface area contributed by atoms with Gasteiger partial charge in [-0.25, -0.2) is 0 Å². The predicted molar refractivity (Wildman–Crippen MR) is 181 cm³/mol. The van der Waals surface area contributed by atoms with Gasteiger partial charge in [0.25, 0.3) is 0 Å². The first-order valence-electron chi connectivity index (χ1n) is 15.7. The zero-order valence-corrected chi connectivity index (χ0v) is 30.7. The maximum Gasteiger partial charge on any atom is 0.194 e. The number of H-pyrrole nitrogens is 4. The second-order valence-electron chi connectivity index (χ2n) is 15.7. The number of aromatic nitrogens is 4. The molecule has 0 atom stereocenters. The van der Waals surface area contributed by atoms with Crippen molar-refractivity contribution >= 4 is 11.5 Å². The van der Waals surface area contributed by atoms with E-state index in [1.807, 2.05) is 12.1 Å². The van der Waals surface area contributed by atoms with Crippen LogP contribution in [0.15, 0.2) is 66.7 Å². The van der Waals surface area contributed by atoms with E-state index >= 15 is 0 Å². The van der Waals surface area contributed by atoms with Gasteiger partial charge in [0.1, 0.15) is 5.69 Å². The lowest BCUT2D eigenvalue weighted by molar-refractivity contribution is -0.0000173. The number of halogens is 1. The van der Waals surface area contributed by atoms with Crippen LogP contribution < -0.4 is 28.5 Å². The van der Waals surface area contributed by atoms with Crippen LogP contribution in [0.1, 0.15) is 117 Å². The molecule has 0 saturated heterocycles. The number of aromatic amines is 4. The Morgan fingerprint density at radius 1 is 0.511 bits per heavy atom. The van der Waals surface area contributed by atoms with Crippen molar-refractivity contribution in [3.8, 4) is 0 Å². The topological polar surface area (TPSA) is 80.2 Å². The minimum absolute atomic E-state index is 0. The highest BCUT2D eigenvalue weighted by molar-refractivity contribution is 6.10. The average molecular weight is 718 g/mol. The Morgan fingerprint density at radius 2 is 0.867 bits per heavy atom. The number of quaternary nitrogens is 1. The van der Waals surface area contributed by atoms with E-state index in [0.29, 0.717) is 15.6 Å². The molecule has 4 aromatic heterocycles. The van der Waals surface area contributed by atoms with Crippen molar-refractivity contribution in [3.63, 3.8) is 0 Å². The van der Waals surface area contributed by atoms with E-state index in [2.05, 4.69) is 151 Å². The highest BCUT2D eigenvalue weighted by Gasteiger charge is 2.38. The summed E-state index contributed by atoms with van der Waals surface area (Å²) in [5.41, 5.74) is 9.73. The van der Waals surface area contributed by atoms with Crippen LogP contribution in [-0.4, -0.2) is 46.9 Å². The Bertz CT molecular complexity index is 1860. The quantitative estimate of drug-likeness (QED) is 0.118. The van der Waals surface area contributed by atoms with Crippen LogP contribution in [0.2, 0.25) is 0 Å². The first kappa shape index (κ1) is 33.1. The van der Waals surface area contributed by atoms with E-state index < -0.39 is 10.8 Å². The summed E-state index contributed by atoms with van der Waals surface area (Å²) in [6, 6.07) is 23.3. The lowest BCUT2D eigenvalue weighted by Crippen LogP contribution is -3.00. The van der Waals surface area contributed by atoms with Gasteiger partial charge in [0.05, 0.1) is 21.1 Å². The number of ketones is 1. The molecule has 0 amide bonds. The van der Waals surface area contributed by atoms with Gasteiger partial charge < -0.3 is 43.9 Å². The predicted octanol–water partition coefficient (Wildman–Crippen LogP) is 5.05. The molecule has 5 heterocycles. The first-order chi connectivity index (χ1) is 20.3. The number of hydrogen-bond donors (Lipinski definition) is 4. The fraction of sp³-hybridized carbons (Fsp3) is 0.395. The third-order valence-electron chi connectivity index (χ3n) is 10.4. The number of nitrogens with zero attached hydrogens (tertiary/aromatic N) is 1. The monoisotopic (exact) mass is 717 g/mol. The van der Waals surface area contributed by atoms with Crippen molar-refractivity contribution in [2.75, 3.05) is 21.1 Å². The summed E-state index contributed by atoms with van der Waals surface area (Å²) < 4.78 is 0.694. The molecule has 238 valence electrons. The number of hydrogen-bond acceptors (Lipinski definition) is 1. The Labute approximate surface area is 285 Å². The van der Waals surface area contributed by atoms with Gasteiger partial charge in [0, 0.05) is 78.3 Å². The van der Waals surface area contributed by atoms with Crippen molar-refractivity contribution in [3.05, 3.63) is 123 Å². The van der Waals surface area contributed by atoms with Crippen LogP contribution >= 0.6 is 0 Å². The molecule has 0 fully saturated rings. The average Bonchev–Trinajstić information content (AvgIpc) is 3.77. The molecular weight excluding hydrogens is 669 g/mol. The van der Waals surface area contributed by atoms with E-state index in [1.165, 1.54) is 0 Å². The normalized spacial score (nSPS) is 17.8. The molecule has 0 radical (unpaired) electrons. The SMILES string of the molecule is CC1(C)c2ccc([nH]2)C(C)(C)c2ccc([nH]2)C(C)(C)c2[nH]c(cc2C(=O)c2ccc([N+](C)(C)C)cc2)C(C)(C)c2ccc1[nH]2.[I-]. The molecule has 5 aromatic rings. The van der Waals surface area contributed by atoms with Crippen LogP contribution in [-0.2, 0) is 21.7 Å². The number of nitrogens with one attached hydrogen (secondary N) is 4. The van der Waals surface area contributed by atoms with Crippen molar-refractivity contribution < 1.29 is 28.8 Å². The highest BCUT2D eigenvalue weighted by Crippen LogP contribution is 2.42. The fourth-order valence-corrected chi connectivity index (χ4v) is 6.62. The van der Waals surface area contributed by atoms with E-state index in [0.717, 1.165) is 51.2 Å². The van der Waals surface area contributed by atoms with Gasteiger partial charge in [0.15, 0.2) is 5.78 Å². The molecule has 4 N–H and O–H groups in total. The molecule has 1 aliphatic heterocycles. The lowest BCUT2D eigenvalue weighted by Gasteiger charge is -2.28. The molecule has 0 spiro atoms. The lowest BCUT2D eigenvalue weighted by atomic mass is 9.82. The molecule has 6 nitrogen and oxygen atoms in total. The zero-order valence-electron chi connectivity index (χ0n) is 28.6. The van der Waals surface area contributed by atoms with Gasteiger partial charge >= 0.3 is 0 Å². The van der Waals surface area contributed by atoms with E-state index in [1.54, 1.807) is 0 Å². The first-order valence-corrected chi connectivity index (χ1v) is 15.7. The summed E-state index contributed by atoms with van der Waals surface area (Å²) in [5, 5.41) is 0. The third kappa shape index (κ3) is 5.26. The summed E-state index contributed by atoms with van der Waals surface area (Å²) in [5.74, 6) is 0.0243. The van der Waals surface area contributed by atoms with Gasteiger partial charge in [0.2, 0.25) is 0 Å². The molecule has 0 saturated carbocycles. The molecule has 8 bridgehead atoms. The number of carbonyl (C=O) groups excluding carboxylic acids is 1. The minimum Gasteiger partial charge on any atom is -1.00 e. The van der Waals surface area contributed by atoms with Crippen molar-refractivity contribution in [1.82, 2.24) is 24.4 Å². The van der Waals surface area contributed by atoms with Crippen molar-refractivity contribution in [2.24, 2.45) is 0 Å². The summed E-state index contributed by atoms with van der Waals surface area (Å²) in [7, 11) is 6.39. The summed E-state index contributed by atoms with van der Waals surface area (Å²) in [6.45, 7) is 17.8. The van der Waals surface area contributed by atoms with Crippen LogP contribution in [0.25, 0.3) is 0 Å². The van der Waals surface area contributed by atoms with Crippen molar-refractivity contribution in [1.29, 1.82) is 0 Å². The number of fused-ring (bicyclic) bond motifs is 8. The van der Waals surface area contributed by atoms with Gasteiger partial charge in [-0.3, -0.25) is 9.28 Å². The highest BCUT2D eigenvalue weighted by atomic mass is 127. The summed E-state index contributed by atoms with van der Waals surface area (Å²) >= 11 is 0. The molecule has 0 unspecified atom stereocenters. The Morgan fingerprint density at radius 3 is 1.24 bits per heavy atom. The molecule has 6 rings (SSSR count). The van der Waals surface area contributed by atoms with Crippen LogP contribution in [0.4, 0.5) is 5.69 Å². The van der Waals surface area contributed by atoms with Gasteiger partial charge in [-0.2, -0.15) is 0 Å². The Kier molecular flexibility index (Phi) is 7.81. The van der Waals surface area contributed by atoms with Crippen LogP contribution in [0.3, 0.4) is 0 Å². The standard InChI is InChI=1S/C38H47N5O.HI/c1-35(2)26-16-17-27(39-26)36(3,4)29-20-21-31(41-29)38(7,8)34-25(33(44)23-12-14-24(15-13-23)43(9,10)11)22-32(42-34)37(5,6)30-19-18-28(35)40-30;/h12-22,39-41H,1-11H3;1H. The van der Waals surface area contributed by atoms with E-state index in [-0.39, 0.29) is 40.6 Å². The number of benzene rings is 1. The smallest absolute Gasteiger partial charge is 0.194 e. The second-order valence-corrected chi connectivity index (χ2v) is 15.7. The third-order valence-corrected chi connectivity index (χ3v) is 10.4. The molecule has 1 aromatic carbocycles. The van der Waals surface area contributed by atoms with Crippen LogP contribution in [0.5, 0.6) is 0 Å². The van der Waals surface area contributed by atoms with E-state index in [9.17, 15) is 4.79 Å². The maximum absolute atomic E-state index is 14.4. The molecule has 0 aliphatic carbocycles. The second kappa shape index (κ2) is 10.6. The number of rotatable bonds is 3. The van der Waals surface area contributed by atoms with Crippen LogP contribution in [0, 0.1) is 0 Å². The fourth-order valence-electron chi connectivity index (χ4n) is 6.62. The van der Waals surface area contributed by atoms with E-state index in [4.69, 9.17) is 0 Å². The minimum atomic E-state index is -0.503. The van der Waals surface area contributed by atoms with Gasteiger partial charge in [-0.1, -0.05) is 0 Å².